The fourth-order valence-corrected chi connectivity index (χ4v) is 2.69. The molecule has 2 aromatic carbocycles. The third kappa shape index (κ3) is 5.12. The van der Waals surface area contributed by atoms with E-state index in [-0.39, 0.29) is 12.0 Å². The van der Waals surface area contributed by atoms with Crippen LogP contribution >= 0.6 is 0 Å². The van der Waals surface area contributed by atoms with Crippen LogP contribution in [-0.2, 0) is 0 Å². The molecule has 2 rings (SSSR count). The summed E-state index contributed by atoms with van der Waals surface area (Å²) < 4.78 is 26.4. The number of rotatable bonds is 7. The number of aliphatic hydroxyl groups excluding tert-OH is 1. The maximum absolute atomic E-state index is 13.3. The van der Waals surface area contributed by atoms with Crippen molar-refractivity contribution in [1.82, 2.24) is 5.32 Å². The van der Waals surface area contributed by atoms with Crippen LogP contribution in [0.15, 0.2) is 48.5 Å². The summed E-state index contributed by atoms with van der Waals surface area (Å²) in [5.41, 5.74) is 1.85. The summed E-state index contributed by atoms with van der Waals surface area (Å²) in [4.78, 5) is 0. The van der Waals surface area contributed by atoms with Gasteiger partial charge in [-0.25, -0.2) is 8.78 Å². The van der Waals surface area contributed by atoms with E-state index in [9.17, 15) is 13.9 Å². The van der Waals surface area contributed by atoms with Crippen molar-refractivity contribution in [2.45, 2.75) is 38.3 Å². The Morgan fingerprint density at radius 1 is 0.957 bits per heavy atom. The van der Waals surface area contributed by atoms with E-state index in [1.165, 1.54) is 6.07 Å². The number of benzene rings is 2. The molecule has 2 nitrogen and oxygen atoms in total. The topological polar surface area (TPSA) is 32.3 Å². The first-order chi connectivity index (χ1) is 11.0. The molecule has 4 heteroatoms. The standard InChI is InChI=1S/C19H23F2NO/c1-13(23)10-17(15-6-4-3-5-7-15)12-22-14(2)16-8-9-18(20)19(21)11-16/h3-9,11,13-14,17,22-23H,10,12H2,1-2H3. The lowest BCUT2D eigenvalue weighted by Gasteiger charge is -2.23. The van der Waals surface area contributed by atoms with Crippen LogP contribution < -0.4 is 5.32 Å². The number of hydrogen-bond donors (Lipinski definition) is 2. The van der Waals surface area contributed by atoms with Crippen LogP contribution in [0.5, 0.6) is 0 Å². The van der Waals surface area contributed by atoms with Crippen LogP contribution in [0.4, 0.5) is 8.78 Å². The van der Waals surface area contributed by atoms with Gasteiger partial charge in [-0.1, -0.05) is 36.4 Å². The molecular weight excluding hydrogens is 296 g/mol. The largest absolute Gasteiger partial charge is 0.393 e. The van der Waals surface area contributed by atoms with Crippen LogP contribution in [0.1, 0.15) is 43.4 Å². The zero-order chi connectivity index (χ0) is 16.8. The highest BCUT2D eigenvalue weighted by Crippen LogP contribution is 2.22. The molecule has 3 atom stereocenters. The number of nitrogens with one attached hydrogen (secondary N) is 1. The Morgan fingerprint density at radius 3 is 2.26 bits per heavy atom. The minimum Gasteiger partial charge on any atom is -0.393 e. The molecule has 0 saturated heterocycles. The molecule has 0 amide bonds. The Bertz CT molecular complexity index is 616. The van der Waals surface area contributed by atoms with E-state index in [1.807, 2.05) is 37.3 Å². The fourth-order valence-electron chi connectivity index (χ4n) is 2.69. The summed E-state index contributed by atoms with van der Waals surface area (Å²) in [6, 6.07) is 13.8. The van der Waals surface area contributed by atoms with Gasteiger partial charge in [-0.05, 0) is 49.4 Å². The Labute approximate surface area is 136 Å². The van der Waals surface area contributed by atoms with Gasteiger partial charge >= 0.3 is 0 Å². The van der Waals surface area contributed by atoms with Gasteiger partial charge in [0.15, 0.2) is 11.6 Å². The van der Waals surface area contributed by atoms with E-state index in [0.717, 1.165) is 11.6 Å². The van der Waals surface area contributed by atoms with Gasteiger partial charge in [-0.15, -0.1) is 0 Å². The average molecular weight is 319 g/mol. The minimum atomic E-state index is -0.836. The molecule has 2 aromatic rings. The quantitative estimate of drug-likeness (QED) is 0.803. The van der Waals surface area contributed by atoms with Crippen molar-refractivity contribution >= 4 is 0 Å². The molecule has 0 fully saturated rings. The highest BCUT2D eigenvalue weighted by atomic mass is 19.2. The maximum Gasteiger partial charge on any atom is 0.159 e. The Hall–Kier alpha value is -1.78. The van der Waals surface area contributed by atoms with Crippen LogP contribution in [0.3, 0.4) is 0 Å². The van der Waals surface area contributed by atoms with Crippen molar-refractivity contribution in [2.75, 3.05) is 6.54 Å². The number of aliphatic hydroxyl groups is 1. The lowest BCUT2D eigenvalue weighted by atomic mass is 9.93. The third-order valence-corrected chi connectivity index (χ3v) is 4.01. The van der Waals surface area contributed by atoms with Gasteiger partial charge in [0.2, 0.25) is 0 Å². The monoisotopic (exact) mass is 319 g/mol. The fraction of sp³-hybridized carbons (Fsp3) is 0.368. The van der Waals surface area contributed by atoms with E-state index in [1.54, 1.807) is 13.0 Å². The van der Waals surface area contributed by atoms with Crippen LogP contribution in [0, 0.1) is 11.6 Å². The van der Waals surface area contributed by atoms with Gasteiger partial charge in [-0.3, -0.25) is 0 Å². The zero-order valence-electron chi connectivity index (χ0n) is 13.5. The summed E-state index contributed by atoms with van der Waals surface area (Å²) in [6.07, 6.45) is 0.238. The molecule has 0 radical (unpaired) electrons. The predicted octanol–water partition coefficient (Wildman–Crippen LogP) is 4.17. The lowest BCUT2D eigenvalue weighted by Crippen LogP contribution is -2.26. The summed E-state index contributed by atoms with van der Waals surface area (Å²) in [5, 5.41) is 13.1. The molecule has 0 aliphatic heterocycles. The van der Waals surface area contributed by atoms with E-state index >= 15 is 0 Å². The molecule has 0 heterocycles. The van der Waals surface area contributed by atoms with E-state index < -0.39 is 17.7 Å². The van der Waals surface area contributed by atoms with Crippen molar-refractivity contribution in [1.29, 1.82) is 0 Å². The first-order valence-corrected chi connectivity index (χ1v) is 7.88. The molecule has 0 aliphatic carbocycles. The molecule has 0 bridgehead atoms. The molecule has 23 heavy (non-hydrogen) atoms. The zero-order valence-corrected chi connectivity index (χ0v) is 13.5. The van der Waals surface area contributed by atoms with Gasteiger partial charge in [0.05, 0.1) is 6.10 Å². The van der Waals surface area contributed by atoms with Crippen molar-refractivity contribution in [2.24, 2.45) is 0 Å². The summed E-state index contributed by atoms with van der Waals surface area (Å²) >= 11 is 0. The predicted molar refractivity (Wildman–Crippen MR) is 88.3 cm³/mol. The number of halogens is 2. The first-order valence-electron chi connectivity index (χ1n) is 7.88. The maximum atomic E-state index is 13.3. The molecule has 0 spiro atoms. The molecule has 0 saturated carbocycles. The molecule has 3 unspecified atom stereocenters. The van der Waals surface area contributed by atoms with Gasteiger partial charge in [0, 0.05) is 12.6 Å². The molecular formula is C19H23F2NO. The molecule has 2 N–H and O–H groups in total. The highest BCUT2D eigenvalue weighted by Gasteiger charge is 2.16. The Balaban J connectivity index is 2.04. The van der Waals surface area contributed by atoms with Crippen molar-refractivity contribution in [3.05, 3.63) is 71.3 Å². The SMILES string of the molecule is CC(O)CC(CNC(C)c1ccc(F)c(F)c1)c1ccccc1. The Morgan fingerprint density at radius 2 is 1.65 bits per heavy atom. The molecule has 124 valence electrons. The van der Waals surface area contributed by atoms with Gasteiger partial charge < -0.3 is 10.4 Å². The van der Waals surface area contributed by atoms with E-state index in [4.69, 9.17) is 0 Å². The second kappa shape index (κ2) is 8.18. The van der Waals surface area contributed by atoms with Crippen molar-refractivity contribution in [3.63, 3.8) is 0 Å². The second-order valence-electron chi connectivity index (χ2n) is 6.00. The first kappa shape index (κ1) is 17.6. The van der Waals surface area contributed by atoms with Crippen LogP contribution in [0.2, 0.25) is 0 Å². The Kier molecular flexibility index (Phi) is 6.25. The summed E-state index contributed by atoms with van der Waals surface area (Å²) in [5.74, 6) is -1.51. The van der Waals surface area contributed by atoms with Crippen LogP contribution in [0.25, 0.3) is 0 Å². The summed E-state index contributed by atoms with van der Waals surface area (Å²) in [7, 11) is 0. The second-order valence-corrected chi connectivity index (χ2v) is 6.00. The van der Waals surface area contributed by atoms with Crippen molar-refractivity contribution in [3.8, 4) is 0 Å². The van der Waals surface area contributed by atoms with Crippen molar-refractivity contribution < 1.29 is 13.9 Å². The smallest absolute Gasteiger partial charge is 0.159 e. The summed E-state index contributed by atoms with van der Waals surface area (Å²) in [6.45, 7) is 4.33. The average Bonchev–Trinajstić information content (AvgIpc) is 2.54. The van der Waals surface area contributed by atoms with E-state index in [2.05, 4.69) is 5.32 Å². The number of hydrogen-bond acceptors (Lipinski definition) is 2. The lowest BCUT2D eigenvalue weighted by molar-refractivity contribution is 0.173. The molecule has 0 aliphatic rings. The van der Waals surface area contributed by atoms with Gasteiger partial charge in [0.1, 0.15) is 0 Å². The normalized spacial score (nSPS) is 15.2. The van der Waals surface area contributed by atoms with Gasteiger partial charge in [0.25, 0.3) is 0 Å². The van der Waals surface area contributed by atoms with Crippen LogP contribution in [-0.4, -0.2) is 17.8 Å². The third-order valence-electron chi connectivity index (χ3n) is 4.01. The van der Waals surface area contributed by atoms with Gasteiger partial charge in [-0.2, -0.15) is 0 Å². The minimum absolute atomic E-state index is 0.106. The molecule has 0 aromatic heterocycles. The van der Waals surface area contributed by atoms with E-state index in [0.29, 0.717) is 18.5 Å². The highest BCUT2D eigenvalue weighted by molar-refractivity contribution is 5.22.